The molecule has 1 aromatic rings. The van der Waals surface area contributed by atoms with Crippen molar-refractivity contribution in [2.75, 3.05) is 5.75 Å². The lowest BCUT2D eigenvalue weighted by atomic mass is 9.93. The summed E-state index contributed by atoms with van der Waals surface area (Å²) in [5.41, 5.74) is -0.0989. The number of nitrogens with zero attached hydrogens (tertiary/aromatic N) is 1. The van der Waals surface area contributed by atoms with Gasteiger partial charge in [0.15, 0.2) is 0 Å². The first-order valence-electron chi connectivity index (χ1n) is 6.96. The van der Waals surface area contributed by atoms with Gasteiger partial charge in [-0.3, -0.25) is 4.79 Å². The number of nitrogens with one attached hydrogen (secondary N) is 1. The largest absolute Gasteiger partial charge is 0.480 e. The summed E-state index contributed by atoms with van der Waals surface area (Å²) in [6.45, 7) is 5.52. The van der Waals surface area contributed by atoms with Crippen LogP contribution in [0.5, 0.6) is 0 Å². The van der Waals surface area contributed by atoms with E-state index in [-0.39, 0.29) is 5.91 Å². The third-order valence-electron chi connectivity index (χ3n) is 3.39. The van der Waals surface area contributed by atoms with Crippen LogP contribution in [-0.2, 0) is 15.3 Å². The summed E-state index contributed by atoms with van der Waals surface area (Å²) >= 11 is 3.25. The molecule has 0 aromatic carbocycles. The first kappa shape index (κ1) is 18.0. The van der Waals surface area contributed by atoms with E-state index in [1.165, 1.54) is 0 Å². The number of carboxylic acids is 1. The van der Waals surface area contributed by atoms with Crippen molar-refractivity contribution >= 4 is 35.0 Å². The Hall–Kier alpha value is -1.08. The summed E-state index contributed by atoms with van der Waals surface area (Å²) in [7, 11) is 0. The highest BCUT2D eigenvalue weighted by atomic mass is 32.2. The Kier molecular flexibility index (Phi) is 7.17. The van der Waals surface area contributed by atoms with E-state index in [0.29, 0.717) is 25.0 Å². The van der Waals surface area contributed by atoms with Gasteiger partial charge in [-0.05, 0) is 19.8 Å². The van der Waals surface area contributed by atoms with Crippen LogP contribution in [0.4, 0.5) is 0 Å². The Balaban J connectivity index is 2.34. The summed E-state index contributed by atoms with van der Waals surface area (Å²) in [6.07, 6.45) is 1.09. The molecule has 118 valence electrons. The molecule has 0 atom stereocenters. The van der Waals surface area contributed by atoms with Crippen molar-refractivity contribution in [3.8, 4) is 0 Å². The molecule has 0 fully saturated rings. The maximum absolute atomic E-state index is 11.9. The summed E-state index contributed by atoms with van der Waals surface area (Å²) < 4.78 is 0. The highest BCUT2D eigenvalue weighted by Gasteiger charge is 2.36. The molecule has 0 aliphatic heterocycles. The van der Waals surface area contributed by atoms with E-state index in [1.54, 1.807) is 36.9 Å². The van der Waals surface area contributed by atoms with Crippen LogP contribution in [-0.4, -0.2) is 33.3 Å². The fourth-order valence-corrected chi connectivity index (χ4v) is 3.48. The molecule has 5 nitrogen and oxygen atoms in total. The minimum atomic E-state index is -1.13. The van der Waals surface area contributed by atoms with Gasteiger partial charge in [0.25, 0.3) is 0 Å². The predicted octanol–water partition coefficient (Wildman–Crippen LogP) is 2.83. The quantitative estimate of drug-likeness (QED) is 0.681. The standard InChI is InChI=1S/C14H22N2O3S2/c1-4-14(5-2,13(18)19)16-12(17)6-7-20-8-11-9-21-10(3)15-11/h9H,4-8H2,1-3H3,(H,16,17)(H,18,19). The average molecular weight is 330 g/mol. The lowest BCUT2D eigenvalue weighted by Gasteiger charge is -2.28. The molecule has 1 amide bonds. The van der Waals surface area contributed by atoms with E-state index >= 15 is 0 Å². The van der Waals surface area contributed by atoms with Gasteiger partial charge in [-0.25, -0.2) is 9.78 Å². The van der Waals surface area contributed by atoms with E-state index < -0.39 is 11.5 Å². The number of hydrogen-bond acceptors (Lipinski definition) is 5. The van der Waals surface area contributed by atoms with Gasteiger partial charge in [0, 0.05) is 23.3 Å². The predicted molar refractivity (Wildman–Crippen MR) is 86.7 cm³/mol. The van der Waals surface area contributed by atoms with Crippen molar-refractivity contribution in [2.45, 2.75) is 51.3 Å². The van der Waals surface area contributed by atoms with Crippen molar-refractivity contribution in [1.29, 1.82) is 0 Å². The van der Waals surface area contributed by atoms with Crippen molar-refractivity contribution in [2.24, 2.45) is 0 Å². The lowest BCUT2D eigenvalue weighted by molar-refractivity contribution is -0.148. The molecule has 0 bridgehead atoms. The monoisotopic (exact) mass is 330 g/mol. The van der Waals surface area contributed by atoms with E-state index in [2.05, 4.69) is 10.3 Å². The number of carbonyl (C=O) groups is 2. The molecule has 1 rings (SSSR count). The van der Waals surface area contributed by atoms with Gasteiger partial charge in [0.05, 0.1) is 10.7 Å². The third-order valence-corrected chi connectivity index (χ3v) is 5.20. The minimum absolute atomic E-state index is 0.206. The Labute approximate surface area is 133 Å². The van der Waals surface area contributed by atoms with Crippen LogP contribution < -0.4 is 5.32 Å². The smallest absolute Gasteiger partial charge is 0.329 e. The summed E-state index contributed by atoms with van der Waals surface area (Å²) in [5.74, 6) is 0.268. The fraction of sp³-hybridized carbons (Fsp3) is 0.643. The fourth-order valence-electron chi connectivity index (χ4n) is 1.93. The van der Waals surface area contributed by atoms with Crippen molar-refractivity contribution in [3.63, 3.8) is 0 Å². The number of rotatable bonds is 9. The number of carbonyl (C=O) groups excluding carboxylic acids is 1. The van der Waals surface area contributed by atoms with Crippen molar-refractivity contribution in [3.05, 3.63) is 16.1 Å². The maximum atomic E-state index is 11.9. The van der Waals surface area contributed by atoms with Gasteiger partial charge in [-0.1, -0.05) is 13.8 Å². The number of aromatic nitrogens is 1. The zero-order valence-corrected chi connectivity index (χ0v) is 14.3. The first-order valence-corrected chi connectivity index (χ1v) is 9.00. The van der Waals surface area contributed by atoms with Gasteiger partial charge < -0.3 is 10.4 Å². The zero-order chi connectivity index (χ0) is 15.9. The van der Waals surface area contributed by atoms with Crippen LogP contribution in [0.1, 0.15) is 43.8 Å². The maximum Gasteiger partial charge on any atom is 0.329 e. The van der Waals surface area contributed by atoms with Crippen LogP contribution in [0, 0.1) is 6.92 Å². The average Bonchev–Trinajstić information content (AvgIpc) is 2.86. The number of amides is 1. The van der Waals surface area contributed by atoms with Crippen molar-refractivity contribution < 1.29 is 14.7 Å². The Morgan fingerprint density at radius 2 is 2.10 bits per heavy atom. The summed E-state index contributed by atoms with van der Waals surface area (Å²) in [5, 5.41) is 15.0. The van der Waals surface area contributed by atoms with Crippen LogP contribution in [0.2, 0.25) is 0 Å². The third kappa shape index (κ3) is 5.32. The van der Waals surface area contributed by atoms with Crippen LogP contribution in [0.3, 0.4) is 0 Å². The molecule has 0 saturated heterocycles. The SMILES string of the molecule is CCC(CC)(NC(=O)CCSCc1csc(C)n1)C(=O)O. The Bertz CT molecular complexity index is 484. The molecule has 7 heteroatoms. The van der Waals surface area contributed by atoms with Crippen LogP contribution in [0.25, 0.3) is 0 Å². The first-order chi connectivity index (χ1) is 9.93. The second-order valence-electron chi connectivity index (χ2n) is 4.80. The highest BCUT2D eigenvalue weighted by Crippen LogP contribution is 2.18. The molecule has 0 saturated carbocycles. The lowest BCUT2D eigenvalue weighted by Crippen LogP contribution is -2.53. The number of hydrogen-bond donors (Lipinski definition) is 2. The molecular formula is C14H22N2O3S2. The van der Waals surface area contributed by atoms with E-state index in [4.69, 9.17) is 0 Å². The normalized spacial score (nSPS) is 11.4. The summed E-state index contributed by atoms with van der Waals surface area (Å²) in [6, 6.07) is 0. The van der Waals surface area contributed by atoms with Crippen LogP contribution >= 0.6 is 23.1 Å². The molecular weight excluding hydrogens is 308 g/mol. The summed E-state index contributed by atoms with van der Waals surface area (Å²) in [4.78, 5) is 27.6. The van der Waals surface area contributed by atoms with Gasteiger partial charge in [-0.15, -0.1) is 11.3 Å². The van der Waals surface area contributed by atoms with Crippen molar-refractivity contribution in [1.82, 2.24) is 10.3 Å². The highest BCUT2D eigenvalue weighted by molar-refractivity contribution is 7.98. The number of thiazole rings is 1. The van der Waals surface area contributed by atoms with E-state index in [1.807, 2.05) is 12.3 Å². The van der Waals surface area contributed by atoms with Gasteiger partial charge in [0.2, 0.25) is 5.91 Å². The van der Waals surface area contributed by atoms with Gasteiger partial charge in [0.1, 0.15) is 5.54 Å². The topological polar surface area (TPSA) is 79.3 Å². The Morgan fingerprint density at radius 1 is 1.43 bits per heavy atom. The second-order valence-corrected chi connectivity index (χ2v) is 6.97. The van der Waals surface area contributed by atoms with Gasteiger partial charge in [-0.2, -0.15) is 11.8 Å². The number of thioether (sulfide) groups is 1. The van der Waals surface area contributed by atoms with Crippen LogP contribution in [0.15, 0.2) is 5.38 Å². The van der Waals surface area contributed by atoms with E-state index in [0.717, 1.165) is 16.5 Å². The molecule has 0 spiro atoms. The molecule has 0 aliphatic carbocycles. The number of aliphatic carboxylic acids is 1. The molecule has 1 aromatic heterocycles. The molecule has 0 aliphatic rings. The molecule has 1 heterocycles. The molecule has 2 N–H and O–H groups in total. The minimum Gasteiger partial charge on any atom is -0.480 e. The van der Waals surface area contributed by atoms with Gasteiger partial charge >= 0.3 is 5.97 Å². The van der Waals surface area contributed by atoms with E-state index in [9.17, 15) is 14.7 Å². The molecule has 0 radical (unpaired) electrons. The molecule has 21 heavy (non-hydrogen) atoms. The number of aryl methyl sites for hydroxylation is 1. The second kappa shape index (κ2) is 8.38. The molecule has 0 unspecified atom stereocenters. The Morgan fingerprint density at radius 3 is 2.57 bits per heavy atom. The number of carboxylic acid groups (broad SMARTS) is 1. The zero-order valence-electron chi connectivity index (χ0n) is 12.6.